The van der Waals surface area contributed by atoms with E-state index in [1.807, 2.05) is 18.2 Å². The number of hydrogen-bond acceptors (Lipinski definition) is 4. The molecule has 0 fully saturated rings. The summed E-state index contributed by atoms with van der Waals surface area (Å²) in [6.07, 6.45) is -0.0336. The number of carbonyl (C=O) groups is 2. The van der Waals surface area contributed by atoms with Crippen molar-refractivity contribution in [1.82, 2.24) is 4.37 Å². The monoisotopic (exact) mass is 390 g/mol. The van der Waals surface area contributed by atoms with Crippen molar-refractivity contribution in [3.8, 4) is 0 Å². The van der Waals surface area contributed by atoms with Crippen LogP contribution in [0.25, 0.3) is 10.1 Å². The highest BCUT2D eigenvalue weighted by atomic mass is 35.5. The van der Waals surface area contributed by atoms with E-state index in [1.165, 1.54) is 17.6 Å². The van der Waals surface area contributed by atoms with Crippen molar-refractivity contribution in [2.45, 2.75) is 20.3 Å². The van der Waals surface area contributed by atoms with Gasteiger partial charge >= 0.3 is 0 Å². The molecule has 1 amide bonds. The van der Waals surface area contributed by atoms with Crippen molar-refractivity contribution >= 4 is 50.6 Å². The highest BCUT2D eigenvalue weighted by molar-refractivity contribution is 7.13. The fourth-order valence-electron chi connectivity index (χ4n) is 2.44. The minimum Gasteiger partial charge on any atom is -0.319 e. The lowest BCUT2D eigenvalue weighted by molar-refractivity contribution is -0.121. The van der Waals surface area contributed by atoms with Crippen molar-refractivity contribution in [1.29, 1.82) is 0 Å². The molecule has 26 heavy (non-hydrogen) atoms. The van der Waals surface area contributed by atoms with Crippen LogP contribution in [0.15, 0.2) is 36.4 Å². The molecule has 0 aliphatic rings. The molecule has 0 aliphatic carbocycles. The lowest BCUT2D eigenvalue weighted by Gasteiger charge is -2.10. The molecule has 0 saturated carbocycles. The van der Waals surface area contributed by atoms with E-state index in [9.17, 15) is 14.0 Å². The van der Waals surface area contributed by atoms with E-state index in [-0.39, 0.29) is 40.1 Å². The number of ketones is 1. The van der Waals surface area contributed by atoms with E-state index in [1.54, 1.807) is 19.9 Å². The number of carbonyl (C=O) groups excluding carboxylic acids is 2. The molecule has 0 atom stereocenters. The maximum Gasteiger partial charge on any atom is 0.276 e. The summed E-state index contributed by atoms with van der Waals surface area (Å²) in [4.78, 5) is 24.3. The Kier molecular flexibility index (Phi) is 5.34. The third-order valence-corrected chi connectivity index (χ3v) is 5.12. The van der Waals surface area contributed by atoms with Gasteiger partial charge in [-0.25, -0.2) is 4.39 Å². The van der Waals surface area contributed by atoms with E-state index in [0.29, 0.717) is 0 Å². The zero-order chi connectivity index (χ0) is 18.8. The molecule has 1 N–H and O–H groups in total. The smallest absolute Gasteiger partial charge is 0.276 e. The van der Waals surface area contributed by atoms with Crippen LogP contribution in [-0.4, -0.2) is 16.1 Å². The Morgan fingerprint density at radius 2 is 2.00 bits per heavy atom. The van der Waals surface area contributed by atoms with Gasteiger partial charge in [-0.3, -0.25) is 9.59 Å². The van der Waals surface area contributed by atoms with Gasteiger partial charge < -0.3 is 5.32 Å². The van der Waals surface area contributed by atoms with Gasteiger partial charge in [-0.2, -0.15) is 4.37 Å². The highest BCUT2D eigenvalue weighted by Crippen LogP contribution is 2.28. The Morgan fingerprint density at radius 1 is 1.27 bits per heavy atom. The summed E-state index contributed by atoms with van der Waals surface area (Å²) >= 11 is 7.39. The van der Waals surface area contributed by atoms with Gasteiger partial charge in [0.05, 0.1) is 15.4 Å². The molecule has 3 aromatic rings. The molecular formula is C19H16ClFN2O2S. The standard InChI is InChI=1S/C19H16ClFN2O2S/c1-10(2)16(24)8-11-7-13(20)15(9-14(11)21)22-19(25)18-12-5-3-4-6-17(12)26-23-18/h3-7,9-10H,8H2,1-2H3,(H,22,25). The zero-order valence-electron chi connectivity index (χ0n) is 14.2. The normalized spacial score (nSPS) is 11.1. The molecule has 0 bridgehead atoms. The van der Waals surface area contributed by atoms with Crippen molar-refractivity contribution in [2.24, 2.45) is 5.92 Å². The molecule has 1 aromatic heterocycles. The molecule has 1 heterocycles. The number of hydrogen-bond donors (Lipinski definition) is 1. The minimum absolute atomic E-state index is 0.0336. The van der Waals surface area contributed by atoms with E-state index in [0.717, 1.165) is 16.2 Å². The minimum atomic E-state index is -0.582. The molecule has 134 valence electrons. The van der Waals surface area contributed by atoms with Crippen LogP contribution in [0, 0.1) is 11.7 Å². The average Bonchev–Trinajstić information content (AvgIpc) is 3.03. The Hall–Kier alpha value is -2.31. The number of halogens is 2. The van der Waals surface area contributed by atoms with Gasteiger partial charge in [0, 0.05) is 17.7 Å². The second kappa shape index (κ2) is 7.51. The highest BCUT2D eigenvalue weighted by Gasteiger charge is 2.18. The fourth-order valence-corrected chi connectivity index (χ4v) is 3.45. The summed E-state index contributed by atoms with van der Waals surface area (Å²) in [7, 11) is 0. The van der Waals surface area contributed by atoms with Crippen molar-refractivity contribution in [3.05, 3.63) is 58.5 Å². The number of nitrogens with zero attached hydrogens (tertiary/aromatic N) is 1. The largest absolute Gasteiger partial charge is 0.319 e. The van der Waals surface area contributed by atoms with Crippen molar-refractivity contribution in [2.75, 3.05) is 5.32 Å². The number of fused-ring (bicyclic) bond motifs is 1. The number of rotatable bonds is 5. The molecule has 0 aliphatic heterocycles. The first-order valence-electron chi connectivity index (χ1n) is 8.03. The average molecular weight is 391 g/mol. The first-order valence-corrected chi connectivity index (χ1v) is 9.18. The van der Waals surface area contributed by atoms with Gasteiger partial charge in [0.1, 0.15) is 17.3 Å². The summed E-state index contributed by atoms with van der Waals surface area (Å²) in [5.74, 6) is -1.31. The fraction of sp³-hybridized carbons (Fsp3) is 0.211. The summed E-state index contributed by atoms with van der Waals surface area (Å²) in [5, 5.41) is 3.50. The topological polar surface area (TPSA) is 59.1 Å². The second-order valence-electron chi connectivity index (χ2n) is 6.20. The van der Waals surface area contributed by atoms with Crippen LogP contribution in [0.1, 0.15) is 29.9 Å². The van der Waals surface area contributed by atoms with Crippen molar-refractivity contribution in [3.63, 3.8) is 0 Å². The zero-order valence-corrected chi connectivity index (χ0v) is 15.7. The lowest BCUT2D eigenvalue weighted by atomic mass is 10.0. The summed E-state index contributed by atoms with van der Waals surface area (Å²) < 4.78 is 19.4. The Morgan fingerprint density at radius 3 is 2.73 bits per heavy atom. The molecule has 0 spiro atoms. The molecule has 3 rings (SSSR count). The maximum atomic E-state index is 14.3. The second-order valence-corrected chi connectivity index (χ2v) is 7.41. The van der Waals surface area contributed by atoms with Gasteiger partial charge in [-0.15, -0.1) is 0 Å². The molecule has 2 aromatic carbocycles. The van der Waals surface area contributed by atoms with E-state index in [4.69, 9.17) is 11.6 Å². The molecule has 4 nitrogen and oxygen atoms in total. The first-order chi connectivity index (χ1) is 12.4. The van der Waals surface area contributed by atoms with Crippen LogP contribution in [-0.2, 0) is 11.2 Å². The lowest BCUT2D eigenvalue weighted by Crippen LogP contribution is -2.14. The quantitative estimate of drug-likeness (QED) is 0.658. The first kappa shape index (κ1) is 18.5. The SMILES string of the molecule is CC(C)C(=O)Cc1cc(Cl)c(NC(=O)c2nsc3ccccc23)cc1F. The van der Waals surface area contributed by atoms with Crippen molar-refractivity contribution < 1.29 is 14.0 Å². The van der Waals surface area contributed by atoms with Crippen LogP contribution < -0.4 is 5.32 Å². The van der Waals surface area contributed by atoms with E-state index in [2.05, 4.69) is 9.69 Å². The summed E-state index contributed by atoms with van der Waals surface area (Å²) in [6, 6.07) is 9.88. The predicted molar refractivity (Wildman–Crippen MR) is 103 cm³/mol. The van der Waals surface area contributed by atoms with Gasteiger partial charge in [-0.05, 0) is 35.3 Å². The van der Waals surface area contributed by atoms with Gasteiger partial charge in [-0.1, -0.05) is 43.6 Å². The summed E-state index contributed by atoms with van der Waals surface area (Å²) in [5.41, 5.74) is 0.624. The molecule has 0 saturated heterocycles. The van der Waals surface area contributed by atoms with Crippen LogP contribution in [0.5, 0.6) is 0 Å². The van der Waals surface area contributed by atoms with Gasteiger partial charge in [0.15, 0.2) is 0 Å². The summed E-state index contributed by atoms with van der Waals surface area (Å²) in [6.45, 7) is 3.52. The van der Waals surface area contributed by atoms with E-state index < -0.39 is 11.7 Å². The predicted octanol–water partition coefficient (Wildman–Crippen LogP) is 5.11. The third-order valence-electron chi connectivity index (χ3n) is 3.99. The number of aromatic nitrogens is 1. The number of nitrogens with one attached hydrogen (secondary N) is 1. The van der Waals surface area contributed by atoms with Crippen LogP contribution in [0.3, 0.4) is 0 Å². The van der Waals surface area contributed by atoms with Crippen LogP contribution in [0.2, 0.25) is 5.02 Å². The Labute approximate surface area is 159 Å². The third kappa shape index (κ3) is 3.76. The Balaban J connectivity index is 1.85. The van der Waals surface area contributed by atoms with Gasteiger partial charge in [0.25, 0.3) is 5.91 Å². The number of Topliss-reactive ketones (excluding diaryl/α,β-unsaturated/α-hetero) is 1. The van der Waals surface area contributed by atoms with E-state index >= 15 is 0 Å². The molecular weight excluding hydrogens is 375 g/mol. The number of benzene rings is 2. The Bertz CT molecular complexity index is 1000. The molecule has 0 radical (unpaired) electrons. The number of amides is 1. The van der Waals surface area contributed by atoms with Gasteiger partial charge in [0.2, 0.25) is 0 Å². The number of anilines is 1. The van der Waals surface area contributed by atoms with Crippen LogP contribution in [0.4, 0.5) is 10.1 Å². The van der Waals surface area contributed by atoms with Crippen LogP contribution >= 0.6 is 23.1 Å². The molecule has 7 heteroatoms. The molecule has 0 unspecified atom stereocenters. The maximum absolute atomic E-state index is 14.3.